The second-order valence-electron chi connectivity index (χ2n) is 6.76. The lowest BCUT2D eigenvalue weighted by Gasteiger charge is -2.25. The van der Waals surface area contributed by atoms with Gasteiger partial charge in [-0.2, -0.15) is 0 Å². The molecule has 1 saturated heterocycles. The van der Waals surface area contributed by atoms with Crippen molar-refractivity contribution in [2.24, 2.45) is 0 Å². The third-order valence-electron chi connectivity index (χ3n) is 5.00. The summed E-state index contributed by atoms with van der Waals surface area (Å²) >= 11 is 5.93. The summed E-state index contributed by atoms with van der Waals surface area (Å²) in [6.07, 6.45) is 1.58. The molecule has 2 aromatic carbocycles. The van der Waals surface area contributed by atoms with E-state index in [4.69, 9.17) is 11.6 Å². The molecule has 0 aromatic heterocycles. The molecule has 0 saturated carbocycles. The Hall–Kier alpha value is -2.33. The van der Waals surface area contributed by atoms with E-state index in [1.54, 1.807) is 11.9 Å². The predicted molar refractivity (Wildman–Crippen MR) is 103 cm³/mol. The zero-order chi connectivity index (χ0) is 18.7. The third kappa shape index (κ3) is 4.07. The summed E-state index contributed by atoms with van der Waals surface area (Å²) in [5, 5.41) is 0.682. The van der Waals surface area contributed by atoms with E-state index in [1.807, 2.05) is 60.4 Å². The largest absolute Gasteiger partial charge is 0.338 e. The summed E-state index contributed by atoms with van der Waals surface area (Å²) in [4.78, 5) is 28.1. The molecule has 1 aliphatic heterocycles. The van der Waals surface area contributed by atoms with Crippen LogP contribution in [0.2, 0.25) is 5.02 Å². The van der Waals surface area contributed by atoms with Crippen LogP contribution < -0.4 is 0 Å². The van der Waals surface area contributed by atoms with Gasteiger partial charge in [0.05, 0.1) is 6.04 Å². The molecule has 2 aromatic rings. The van der Waals surface area contributed by atoms with Gasteiger partial charge in [-0.25, -0.2) is 0 Å². The molecule has 0 radical (unpaired) electrons. The minimum atomic E-state index is -0.0540. The first kappa shape index (κ1) is 18.5. The highest BCUT2D eigenvalue weighted by Gasteiger charge is 2.21. The highest BCUT2D eigenvalue weighted by atomic mass is 35.5. The maximum atomic E-state index is 12.8. The topological polar surface area (TPSA) is 40.6 Å². The number of benzene rings is 2. The van der Waals surface area contributed by atoms with Crippen molar-refractivity contribution in [3.05, 3.63) is 70.2 Å². The molecule has 26 heavy (non-hydrogen) atoms. The van der Waals surface area contributed by atoms with Crippen molar-refractivity contribution in [1.82, 2.24) is 9.80 Å². The molecule has 4 nitrogen and oxygen atoms in total. The van der Waals surface area contributed by atoms with Crippen LogP contribution in [0.5, 0.6) is 0 Å². The van der Waals surface area contributed by atoms with Crippen molar-refractivity contribution in [3.63, 3.8) is 0 Å². The number of halogens is 1. The van der Waals surface area contributed by atoms with E-state index >= 15 is 0 Å². The van der Waals surface area contributed by atoms with Gasteiger partial charge in [0.2, 0.25) is 5.91 Å². The lowest BCUT2D eigenvalue weighted by atomic mass is 10.1. The second-order valence-corrected chi connectivity index (χ2v) is 7.20. The van der Waals surface area contributed by atoms with Crippen LogP contribution in [-0.4, -0.2) is 35.2 Å². The molecule has 0 spiro atoms. The first-order valence-corrected chi connectivity index (χ1v) is 9.23. The lowest BCUT2D eigenvalue weighted by Crippen LogP contribution is -2.29. The zero-order valence-corrected chi connectivity index (χ0v) is 15.9. The minimum absolute atomic E-state index is 0.0313. The molecular weight excluding hydrogens is 348 g/mol. The van der Waals surface area contributed by atoms with E-state index in [0.29, 0.717) is 23.6 Å². The summed E-state index contributed by atoms with van der Waals surface area (Å²) in [6.45, 7) is 3.43. The van der Waals surface area contributed by atoms with Crippen LogP contribution >= 0.6 is 11.6 Å². The molecule has 5 heteroatoms. The van der Waals surface area contributed by atoms with Gasteiger partial charge in [-0.3, -0.25) is 9.59 Å². The SMILES string of the molecule is CC(c1ccc(Cl)cc1)N(C)C(=O)c1ccc(CN2CCCC2=O)cc1. The molecule has 1 unspecified atom stereocenters. The van der Waals surface area contributed by atoms with Gasteiger partial charge >= 0.3 is 0 Å². The van der Waals surface area contributed by atoms with Crippen molar-refractivity contribution >= 4 is 23.4 Å². The van der Waals surface area contributed by atoms with Gasteiger partial charge in [-0.1, -0.05) is 35.9 Å². The Morgan fingerprint density at radius 2 is 1.81 bits per heavy atom. The Bertz CT molecular complexity index is 787. The van der Waals surface area contributed by atoms with Gasteiger partial charge < -0.3 is 9.80 Å². The maximum Gasteiger partial charge on any atom is 0.254 e. The smallest absolute Gasteiger partial charge is 0.254 e. The summed E-state index contributed by atoms with van der Waals surface area (Å²) in [7, 11) is 1.80. The zero-order valence-electron chi connectivity index (χ0n) is 15.1. The first-order chi connectivity index (χ1) is 12.5. The minimum Gasteiger partial charge on any atom is -0.338 e. The summed E-state index contributed by atoms with van der Waals surface area (Å²) < 4.78 is 0. The maximum absolute atomic E-state index is 12.8. The number of hydrogen-bond donors (Lipinski definition) is 0. The molecule has 1 heterocycles. The average molecular weight is 371 g/mol. The Morgan fingerprint density at radius 3 is 2.38 bits per heavy atom. The summed E-state index contributed by atoms with van der Waals surface area (Å²) in [5.41, 5.74) is 2.73. The normalized spacial score (nSPS) is 15.2. The van der Waals surface area contributed by atoms with Gasteiger partial charge in [0.1, 0.15) is 0 Å². The van der Waals surface area contributed by atoms with E-state index in [1.165, 1.54) is 0 Å². The van der Waals surface area contributed by atoms with Crippen LogP contribution in [0.15, 0.2) is 48.5 Å². The van der Waals surface area contributed by atoms with E-state index in [9.17, 15) is 9.59 Å². The number of hydrogen-bond acceptors (Lipinski definition) is 2. The molecule has 0 bridgehead atoms. The van der Waals surface area contributed by atoms with Gasteiger partial charge in [0.25, 0.3) is 5.91 Å². The van der Waals surface area contributed by atoms with E-state index in [-0.39, 0.29) is 17.9 Å². The fraction of sp³-hybridized carbons (Fsp3) is 0.333. The van der Waals surface area contributed by atoms with Crippen LogP contribution in [0.4, 0.5) is 0 Å². The molecule has 1 fully saturated rings. The monoisotopic (exact) mass is 370 g/mol. The van der Waals surface area contributed by atoms with Gasteiger partial charge in [-0.15, -0.1) is 0 Å². The van der Waals surface area contributed by atoms with Crippen molar-refractivity contribution < 1.29 is 9.59 Å². The number of nitrogens with zero attached hydrogens (tertiary/aromatic N) is 2. The molecule has 1 aliphatic rings. The third-order valence-corrected chi connectivity index (χ3v) is 5.25. The van der Waals surface area contributed by atoms with Gasteiger partial charge in [0, 0.05) is 37.1 Å². The average Bonchev–Trinajstić information content (AvgIpc) is 3.06. The number of amides is 2. The fourth-order valence-electron chi connectivity index (χ4n) is 3.19. The van der Waals surface area contributed by atoms with E-state index in [2.05, 4.69) is 0 Å². The predicted octanol–water partition coefficient (Wildman–Crippen LogP) is 4.30. The number of likely N-dealkylation sites (tertiary alicyclic amines) is 1. The van der Waals surface area contributed by atoms with Crippen molar-refractivity contribution in [2.75, 3.05) is 13.6 Å². The Labute approximate surface area is 159 Å². The van der Waals surface area contributed by atoms with E-state index in [0.717, 1.165) is 24.1 Å². The van der Waals surface area contributed by atoms with E-state index < -0.39 is 0 Å². The molecule has 0 aliphatic carbocycles. The molecule has 1 atom stereocenters. The summed E-state index contributed by atoms with van der Waals surface area (Å²) in [5.74, 6) is 0.179. The van der Waals surface area contributed by atoms with Crippen molar-refractivity contribution in [1.29, 1.82) is 0 Å². The molecule has 136 valence electrons. The summed E-state index contributed by atoms with van der Waals surface area (Å²) in [6, 6.07) is 15.0. The standard InChI is InChI=1S/C21H23ClN2O2/c1-15(17-9-11-19(22)12-10-17)23(2)21(26)18-7-5-16(6-8-18)14-24-13-3-4-20(24)25/h5-12,15H,3-4,13-14H2,1-2H3. The lowest BCUT2D eigenvalue weighted by molar-refractivity contribution is -0.128. The number of carbonyl (C=O) groups excluding carboxylic acids is 2. The first-order valence-electron chi connectivity index (χ1n) is 8.85. The molecule has 0 N–H and O–H groups in total. The molecule has 2 amide bonds. The Morgan fingerprint density at radius 1 is 1.15 bits per heavy atom. The fourth-order valence-corrected chi connectivity index (χ4v) is 3.31. The highest BCUT2D eigenvalue weighted by molar-refractivity contribution is 6.30. The quantitative estimate of drug-likeness (QED) is 0.787. The molecule has 3 rings (SSSR count). The Balaban J connectivity index is 1.66. The Kier molecular flexibility index (Phi) is 5.62. The number of carbonyl (C=O) groups is 2. The van der Waals surface area contributed by atoms with Gasteiger partial charge in [0.15, 0.2) is 0 Å². The van der Waals surface area contributed by atoms with Crippen molar-refractivity contribution in [2.45, 2.75) is 32.4 Å². The highest BCUT2D eigenvalue weighted by Crippen LogP contribution is 2.23. The van der Waals surface area contributed by atoms with Crippen LogP contribution in [0.1, 0.15) is 47.3 Å². The van der Waals surface area contributed by atoms with Crippen molar-refractivity contribution in [3.8, 4) is 0 Å². The van der Waals surface area contributed by atoms with Crippen LogP contribution in [0, 0.1) is 0 Å². The van der Waals surface area contributed by atoms with Crippen LogP contribution in [0.3, 0.4) is 0 Å². The van der Waals surface area contributed by atoms with Gasteiger partial charge in [-0.05, 0) is 48.7 Å². The molecular formula is C21H23ClN2O2. The van der Waals surface area contributed by atoms with Crippen LogP contribution in [0.25, 0.3) is 0 Å². The second kappa shape index (κ2) is 7.92. The van der Waals surface area contributed by atoms with Crippen LogP contribution in [-0.2, 0) is 11.3 Å². The number of rotatable bonds is 5.